The van der Waals surface area contributed by atoms with Crippen LogP contribution in [0.15, 0.2) is 40.9 Å². The van der Waals surface area contributed by atoms with Crippen molar-refractivity contribution in [3.05, 3.63) is 57.6 Å². The number of halogens is 1. The second-order valence-electron chi connectivity index (χ2n) is 5.56. The number of carbonyl (C=O) groups is 1. The topological polar surface area (TPSA) is 47.6 Å². The zero-order chi connectivity index (χ0) is 17.5. The second kappa shape index (κ2) is 8.73. The summed E-state index contributed by atoms with van der Waals surface area (Å²) in [7, 11) is 3.22. The van der Waals surface area contributed by atoms with Crippen LogP contribution in [0.3, 0.4) is 0 Å². The maximum absolute atomic E-state index is 12.0. The number of benzene rings is 2. The van der Waals surface area contributed by atoms with E-state index in [1.54, 1.807) is 14.2 Å². The Hall–Kier alpha value is -2.01. The molecule has 24 heavy (non-hydrogen) atoms. The van der Waals surface area contributed by atoms with Crippen LogP contribution in [0.1, 0.15) is 16.7 Å². The number of nitrogens with one attached hydrogen (secondary N) is 1. The van der Waals surface area contributed by atoms with Crippen molar-refractivity contribution in [2.45, 2.75) is 19.8 Å². The first-order valence-corrected chi connectivity index (χ1v) is 8.55. The standard InChI is InChI=1S/C19H22BrNO3/c1-13-4-6-14(7-5-13)10-19(22)21-9-8-15-11-17(23-2)18(24-3)12-16(15)20/h4-7,11-12H,8-10H2,1-3H3,(H,21,22). The Morgan fingerprint density at radius 1 is 1.08 bits per heavy atom. The summed E-state index contributed by atoms with van der Waals surface area (Å²) in [6.45, 7) is 2.60. The maximum Gasteiger partial charge on any atom is 0.224 e. The van der Waals surface area contributed by atoms with Crippen LogP contribution in [0.25, 0.3) is 0 Å². The van der Waals surface area contributed by atoms with Gasteiger partial charge >= 0.3 is 0 Å². The summed E-state index contributed by atoms with van der Waals surface area (Å²) in [4.78, 5) is 12.0. The molecule has 0 radical (unpaired) electrons. The Morgan fingerprint density at radius 3 is 2.33 bits per heavy atom. The van der Waals surface area contributed by atoms with E-state index in [0.717, 1.165) is 15.6 Å². The Labute approximate surface area is 151 Å². The molecule has 2 aromatic rings. The smallest absolute Gasteiger partial charge is 0.224 e. The zero-order valence-corrected chi connectivity index (χ0v) is 15.8. The third-order valence-corrected chi connectivity index (χ3v) is 4.49. The van der Waals surface area contributed by atoms with Crippen molar-refractivity contribution in [1.29, 1.82) is 0 Å². The molecule has 2 aromatic carbocycles. The average Bonchev–Trinajstić information content (AvgIpc) is 2.58. The van der Waals surface area contributed by atoms with Gasteiger partial charge < -0.3 is 14.8 Å². The molecule has 5 heteroatoms. The minimum atomic E-state index is 0.0236. The number of hydrogen-bond donors (Lipinski definition) is 1. The van der Waals surface area contributed by atoms with Crippen LogP contribution in [0.4, 0.5) is 0 Å². The lowest BCUT2D eigenvalue weighted by molar-refractivity contribution is -0.120. The maximum atomic E-state index is 12.0. The van der Waals surface area contributed by atoms with Crippen molar-refractivity contribution < 1.29 is 14.3 Å². The highest BCUT2D eigenvalue weighted by Gasteiger charge is 2.10. The van der Waals surface area contributed by atoms with Gasteiger partial charge in [0.1, 0.15) is 0 Å². The van der Waals surface area contributed by atoms with Crippen molar-refractivity contribution in [3.8, 4) is 11.5 Å². The highest BCUT2D eigenvalue weighted by atomic mass is 79.9. The molecule has 0 atom stereocenters. The van der Waals surface area contributed by atoms with Gasteiger partial charge in [-0.1, -0.05) is 45.8 Å². The molecule has 0 aliphatic heterocycles. The van der Waals surface area contributed by atoms with Crippen LogP contribution < -0.4 is 14.8 Å². The molecule has 0 spiro atoms. The predicted molar refractivity (Wildman–Crippen MR) is 98.8 cm³/mol. The molecule has 4 nitrogen and oxygen atoms in total. The van der Waals surface area contributed by atoms with Crippen LogP contribution in [0.5, 0.6) is 11.5 Å². The number of methoxy groups -OCH3 is 2. The van der Waals surface area contributed by atoms with Crippen LogP contribution in [-0.2, 0) is 17.6 Å². The molecule has 1 amide bonds. The second-order valence-corrected chi connectivity index (χ2v) is 6.42. The van der Waals surface area contributed by atoms with Crippen molar-refractivity contribution in [1.82, 2.24) is 5.32 Å². The molecular formula is C19H22BrNO3. The van der Waals surface area contributed by atoms with Gasteiger partial charge in [-0.15, -0.1) is 0 Å². The van der Waals surface area contributed by atoms with E-state index in [2.05, 4.69) is 21.2 Å². The molecule has 0 bridgehead atoms. The largest absolute Gasteiger partial charge is 0.493 e. The van der Waals surface area contributed by atoms with Crippen LogP contribution in [0.2, 0.25) is 0 Å². The number of ether oxygens (including phenoxy) is 2. The minimum absolute atomic E-state index is 0.0236. The summed E-state index contributed by atoms with van der Waals surface area (Å²) in [6.07, 6.45) is 1.11. The molecule has 0 fully saturated rings. The van der Waals surface area contributed by atoms with Crippen molar-refractivity contribution >= 4 is 21.8 Å². The van der Waals surface area contributed by atoms with Gasteiger partial charge in [0.25, 0.3) is 0 Å². The summed E-state index contributed by atoms with van der Waals surface area (Å²) >= 11 is 3.53. The van der Waals surface area contributed by atoms with Crippen LogP contribution >= 0.6 is 15.9 Å². The number of aryl methyl sites for hydroxylation is 1. The van der Waals surface area contributed by atoms with Gasteiger partial charge in [0.15, 0.2) is 11.5 Å². The third kappa shape index (κ3) is 4.99. The lowest BCUT2D eigenvalue weighted by Gasteiger charge is -2.12. The molecule has 0 heterocycles. The van der Waals surface area contributed by atoms with E-state index < -0.39 is 0 Å². The fourth-order valence-electron chi connectivity index (χ4n) is 2.38. The van der Waals surface area contributed by atoms with Crippen molar-refractivity contribution in [3.63, 3.8) is 0 Å². The first-order chi connectivity index (χ1) is 11.5. The Kier molecular flexibility index (Phi) is 6.67. The summed E-state index contributed by atoms with van der Waals surface area (Å²) in [5, 5.41) is 2.96. The summed E-state index contributed by atoms with van der Waals surface area (Å²) < 4.78 is 11.5. The van der Waals surface area contributed by atoms with Crippen molar-refractivity contribution in [2.75, 3.05) is 20.8 Å². The summed E-state index contributed by atoms with van der Waals surface area (Å²) in [6, 6.07) is 11.8. The van der Waals surface area contributed by atoms with Crippen LogP contribution in [0, 0.1) is 6.92 Å². The third-order valence-electron chi connectivity index (χ3n) is 3.75. The van der Waals surface area contributed by atoms with Crippen LogP contribution in [-0.4, -0.2) is 26.7 Å². The van der Waals surface area contributed by atoms with Gasteiger partial charge in [0, 0.05) is 11.0 Å². The molecule has 0 unspecified atom stereocenters. The molecule has 128 valence electrons. The van der Waals surface area contributed by atoms with Gasteiger partial charge in [0.2, 0.25) is 5.91 Å². The van der Waals surface area contributed by atoms with Gasteiger partial charge in [-0.3, -0.25) is 4.79 Å². The van der Waals surface area contributed by atoms with E-state index >= 15 is 0 Å². The zero-order valence-electron chi connectivity index (χ0n) is 14.2. The van der Waals surface area contributed by atoms with Gasteiger partial charge in [-0.2, -0.15) is 0 Å². The van der Waals surface area contributed by atoms with E-state index in [-0.39, 0.29) is 5.91 Å². The first-order valence-electron chi connectivity index (χ1n) is 7.76. The van der Waals surface area contributed by atoms with E-state index in [4.69, 9.17) is 9.47 Å². The van der Waals surface area contributed by atoms with E-state index in [1.807, 2.05) is 43.3 Å². The summed E-state index contributed by atoms with van der Waals surface area (Å²) in [5.74, 6) is 1.38. The number of rotatable bonds is 7. The summed E-state index contributed by atoms with van der Waals surface area (Å²) in [5.41, 5.74) is 3.27. The highest BCUT2D eigenvalue weighted by Crippen LogP contribution is 2.33. The molecule has 0 aliphatic rings. The quantitative estimate of drug-likeness (QED) is 0.782. The SMILES string of the molecule is COc1cc(Br)c(CCNC(=O)Cc2ccc(C)cc2)cc1OC. The Morgan fingerprint density at radius 2 is 1.71 bits per heavy atom. The Bertz CT molecular complexity index is 699. The van der Waals surface area contributed by atoms with Gasteiger partial charge in [0.05, 0.1) is 20.6 Å². The molecule has 2 rings (SSSR count). The fraction of sp³-hybridized carbons (Fsp3) is 0.316. The van der Waals surface area contributed by atoms with E-state index in [1.165, 1.54) is 5.56 Å². The minimum Gasteiger partial charge on any atom is -0.493 e. The highest BCUT2D eigenvalue weighted by molar-refractivity contribution is 9.10. The first kappa shape index (κ1) is 18.3. The fourth-order valence-corrected chi connectivity index (χ4v) is 2.90. The van der Waals surface area contributed by atoms with E-state index in [9.17, 15) is 4.79 Å². The van der Waals surface area contributed by atoms with Gasteiger partial charge in [-0.25, -0.2) is 0 Å². The van der Waals surface area contributed by atoms with E-state index in [0.29, 0.717) is 30.9 Å². The molecule has 0 aliphatic carbocycles. The number of amides is 1. The molecule has 0 aromatic heterocycles. The normalized spacial score (nSPS) is 10.3. The van der Waals surface area contributed by atoms with Crippen molar-refractivity contribution in [2.24, 2.45) is 0 Å². The average molecular weight is 392 g/mol. The number of carbonyl (C=O) groups excluding carboxylic acids is 1. The lowest BCUT2D eigenvalue weighted by Crippen LogP contribution is -2.27. The predicted octanol–water partition coefficient (Wildman–Crippen LogP) is 3.68. The Balaban J connectivity index is 1.89. The molecule has 1 N–H and O–H groups in total. The monoisotopic (exact) mass is 391 g/mol. The number of hydrogen-bond acceptors (Lipinski definition) is 3. The lowest BCUT2D eigenvalue weighted by atomic mass is 10.1. The molecule has 0 saturated heterocycles. The molecular weight excluding hydrogens is 370 g/mol. The van der Waals surface area contributed by atoms with Gasteiger partial charge in [-0.05, 0) is 36.6 Å². The molecule has 0 saturated carbocycles.